The zero-order chi connectivity index (χ0) is 18.3. The zero-order valence-corrected chi connectivity index (χ0v) is 14.5. The summed E-state index contributed by atoms with van der Waals surface area (Å²) in [7, 11) is 0. The SMILES string of the molecule is Cc1[nH]n(-c2ccccc2)c(=O)c1-c1c(C)[nH]n(-c2ccccc2)c1=O. The minimum Gasteiger partial charge on any atom is -0.295 e. The molecule has 6 heteroatoms. The Morgan fingerprint density at radius 3 is 1.31 bits per heavy atom. The smallest absolute Gasteiger partial charge is 0.279 e. The van der Waals surface area contributed by atoms with Crippen LogP contribution < -0.4 is 11.1 Å². The number of hydrogen-bond donors (Lipinski definition) is 2. The maximum absolute atomic E-state index is 13.0. The molecule has 130 valence electrons. The Morgan fingerprint density at radius 2 is 0.962 bits per heavy atom. The van der Waals surface area contributed by atoms with Crippen molar-refractivity contribution in [3.8, 4) is 22.5 Å². The van der Waals surface area contributed by atoms with E-state index in [1.165, 1.54) is 9.36 Å². The van der Waals surface area contributed by atoms with E-state index in [0.717, 1.165) is 11.4 Å². The summed E-state index contributed by atoms with van der Waals surface area (Å²) in [4.78, 5) is 26.0. The summed E-state index contributed by atoms with van der Waals surface area (Å²) in [5.41, 5.74) is 3.05. The Kier molecular flexibility index (Phi) is 3.73. The summed E-state index contributed by atoms with van der Waals surface area (Å²) in [6.45, 7) is 3.60. The van der Waals surface area contributed by atoms with E-state index in [1.54, 1.807) is 13.8 Å². The summed E-state index contributed by atoms with van der Waals surface area (Å²) in [6.07, 6.45) is 0. The van der Waals surface area contributed by atoms with E-state index in [1.807, 2.05) is 60.7 Å². The fourth-order valence-corrected chi connectivity index (χ4v) is 3.20. The van der Waals surface area contributed by atoms with Crippen LogP contribution in [0.25, 0.3) is 22.5 Å². The van der Waals surface area contributed by atoms with E-state index in [2.05, 4.69) is 10.2 Å². The summed E-state index contributed by atoms with van der Waals surface area (Å²) in [5, 5.41) is 6.15. The number of nitrogens with zero attached hydrogens (tertiary/aromatic N) is 2. The predicted molar refractivity (Wildman–Crippen MR) is 101 cm³/mol. The maximum atomic E-state index is 13.0. The first kappa shape index (κ1) is 16.0. The van der Waals surface area contributed by atoms with Gasteiger partial charge in [0.05, 0.1) is 22.5 Å². The number of hydrogen-bond acceptors (Lipinski definition) is 2. The van der Waals surface area contributed by atoms with E-state index in [4.69, 9.17) is 0 Å². The van der Waals surface area contributed by atoms with Gasteiger partial charge in [0, 0.05) is 11.4 Å². The molecule has 0 aliphatic carbocycles. The molecule has 2 aromatic heterocycles. The molecule has 0 saturated carbocycles. The third-order valence-corrected chi connectivity index (χ3v) is 4.42. The van der Waals surface area contributed by atoms with Crippen LogP contribution in [0.5, 0.6) is 0 Å². The van der Waals surface area contributed by atoms with Crippen molar-refractivity contribution in [2.45, 2.75) is 13.8 Å². The van der Waals surface area contributed by atoms with Crippen LogP contribution in [-0.2, 0) is 0 Å². The van der Waals surface area contributed by atoms with Gasteiger partial charge in [0.25, 0.3) is 11.1 Å². The van der Waals surface area contributed by atoms with E-state index in [0.29, 0.717) is 22.5 Å². The molecule has 0 fully saturated rings. The van der Waals surface area contributed by atoms with Crippen LogP contribution in [0.2, 0.25) is 0 Å². The lowest BCUT2D eigenvalue weighted by Crippen LogP contribution is -2.20. The third-order valence-electron chi connectivity index (χ3n) is 4.42. The van der Waals surface area contributed by atoms with E-state index < -0.39 is 0 Å². The van der Waals surface area contributed by atoms with Crippen molar-refractivity contribution in [2.24, 2.45) is 0 Å². The van der Waals surface area contributed by atoms with Crippen molar-refractivity contribution < 1.29 is 0 Å². The molecule has 0 spiro atoms. The Hall–Kier alpha value is -3.54. The molecule has 0 radical (unpaired) electrons. The van der Waals surface area contributed by atoms with Crippen molar-refractivity contribution in [2.75, 3.05) is 0 Å². The van der Waals surface area contributed by atoms with E-state index in [9.17, 15) is 9.59 Å². The van der Waals surface area contributed by atoms with Crippen LogP contribution in [-0.4, -0.2) is 19.6 Å². The molecule has 4 rings (SSSR count). The molecule has 0 amide bonds. The lowest BCUT2D eigenvalue weighted by molar-refractivity contribution is 0.835. The second-order valence-corrected chi connectivity index (χ2v) is 6.18. The Bertz CT molecular complexity index is 1080. The van der Waals surface area contributed by atoms with Crippen LogP contribution in [0.1, 0.15) is 11.4 Å². The van der Waals surface area contributed by atoms with E-state index >= 15 is 0 Å². The molecule has 2 N–H and O–H groups in total. The molecule has 0 saturated heterocycles. The Balaban J connectivity index is 1.93. The highest BCUT2D eigenvalue weighted by atomic mass is 16.1. The van der Waals surface area contributed by atoms with Gasteiger partial charge in [0.2, 0.25) is 0 Å². The molecule has 0 bridgehead atoms. The quantitative estimate of drug-likeness (QED) is 0.598. The highest BCUT2D eigenvalue weighted by Gasteiger charge is 2.22. The normalized spacial score (nSPS) is 11.0. The molecule has 2 heterocycles. The molecule has 0 aliphatic heterocycles. The van der Waals surface area contributed by atoms with Gasteiger partial charge in [-0.2, -0.15) is 0 Å². The van der Waals surface area contributed by atoms with Crippen molar-refractivity contribution in [1.29, 1.82) is 0 Å². The number of benzene rings is 2. The second-order valence-electron chi connectivity index (χ2n) is 6.18. The second kappa shape index (κ2) is 6.07. The van der Waals surface area contributed by atoms with E-state index in [-0.39, 0.29) is 11.1 Å². The molecule has 0 unspecified atom stereocenters. The summed E-state index contributed by atoms with van der Waals surface area (Å²) < 4.78 is 2.92. The highest BCUT2D eigenvalue weighted by Crippen LogP contribution is 2.20. The first-order valence-electron chi connectivity index (χ1n) is 8.32. The minimum absolute atomic E-state index is 0.242. The van der Waals surface area contributed by atoms with Gasteiger partial charge in [-0.15, -0.1) is 0 Å². The molecular formula is C20H18N4O2. The summed E-state index contributed by atoms with van der Waals surface area (Å²) >= 11 is 0. The fourth-order valence-electron chi connectivity index (χ4n) is 3.20. The fraction of sp³-hybridized carbons (Fsp3) is 0.100. The summed E-state index contributed by atoms with van der Waals surface area (Å²) in [6, 6.07) is 18.6. The van der Waals surface area contributed by atoms with Gasteiger partial charge < -0.3 is 0 Å². The summed E-state index contributed by atoms with van der Waals surface area (Å²) in [5.74, 6) is 0. The first-order chi connectivity index (χ1) is 12.6. The standard InChI is InChI=1S/C20H18N4O2/c1-13-17(19(25)23(21-13)15-9-5-3-6-10-15)18-14(2)22-24(20(18)26)16-11-7-4-8-12-16/h3-12,21-22H,1-2H3. The molecule has 0 aliphatic rings. The number of nitrogens with one attached hydrogen (secondary N) is 2. The van der Waals surface area contributed by atoms with Crippen LogP contribution in [0, 0.1) is 13.8 Å². The number of rotatable bonds is 3. The lowest BCUT2D eigenvalue weighted by Gasteiger charge is -1.99. The molecule has 0 atom stereocenters. The monoisotopic (exact) mass is 346 g/mol. The molecule has 26 heavy (non-hydrogen) atoms. The number of aromatic amines is 2. The first-order valence-corrected chi connectivity index (χ1v) is 8.32. The zero-order valence-electron chi connectivity index (χ0n) is 14.5. The van der Waals surface area contributed by atoms with Crippen molar-refractivity contribution in [1.82, 2.24) is 19.6 Å². The van der Waals surface area contributed by atoms with Gasteiger partial charge in [-0.25, -0.2) is 9.36 Å². The molecule has 4 aromatic rings. The molecule has 6 nitrogen and oxygen atoms in total. The average Bonchev–Trinajstić information content (AvgIpc) is 3.12. The van der Waals surface area contributed by atoms with Gasteiger partial charge >= 0.3 is 0 Å². The molecular weight excluding hydrogens is 328 g/mol. The van der Waals surface area contributed by atoms with Gasteiger partial charge in [0.15, 0.2) is 0 Å². The average molecular weight is 346 g/mol. The molecule has 2 aromatic carbocycles. The third kappa shape index (κ3) is 2.43. The van der Waals surface area contributed by atoms with Crippen molar-refractivity contribution in [3.05, 3.63) is 92.8 Å². The maximum Gasteiger partial charge on any atom is 0.279 e. The van der Waals surface area contributed by atoms with Crippen molar-refractivity contribution in [3.63, 3.8) is 0 Å². The van der Waals surface area contributed by atoms with Gasteiger partial charge in [0.1, 0.15) is 0 Å². The minimum atomic E-state index is -0.242. The van der Waals surface area contributed by atoms with Crippen LogP contribution in [0.15, 0.2) is 70.3 Å². The Labute approximate surface area is 149 Å². The topological polar surface area (TPSA) is 75.6 Å². The van der Waals surface area contributed by atoms with Crippen LogP contribution >= 0.6 is 0 Å². The number of para-hydroxylation sites is 2. The predicted octanol–water partition coefficient (Wildman–Crippen LogP) is 2.93. The van der Waals surface area contributed by atoms with Gasteiger partial charge in [-0.05, 0) is 38.1 Å². The van der Waals surface area contributed by atoms with Crippen molar-refractivity contribution >= 4 is 0 Å². The highest BCUT2D eigenvalue weighted by molar-refractivity contribution is 5.67. The van der Waals surface area contributed by atoms with Crippen LogP contribution in [0.3, 0.4) is 0 Å². The van der Waals surface area contributed by atoms with Gasteiger partial charge in [-0.3, -0.25) is 19.8 Å². The number of aryl methyl sites for hydroxylation is 2. The largest absolute Gasteiger partial charge is 0.295 e. The van der Waals surface area contributed by atoms with Gasteiger partial charge in [-0.1, -0.05) is 36.4 Å². The van der Waals surface area contributed by atoms with Crippen LogP contribution in [0.4, 0.5) is 0 Å². The number of aromatic nitrogens is 4. The lowest BCUT2D eigenvalue weighted by atomic mass is 10.1. The number of H-pyrrole nitrogens is 2. The Morgan fingerprint density at radius 1 is 0.615 bits per heavy atom.